The van der Waals surface area contributed by atoms with Crippen molar-refractivity contribution in [2.75, 3.05) is 11.2 Å². The Hall–Kier alpha value is -2.21. The fourth-order valence-corrected chi connectivity index (χ4v) is 1.72. The Kier molecular flexibility index (Phi) is 4.92. The molecule has 0 radical (unpaired) electrons. The van der Waals surface area contributed by atoms with E-state index in [-0.39, 0.29) is 17.5 Å². The van der Waals surface area contributed by atoms with Gasteiger partial charge in [-0.1, -0.05) is 0 Å². The highest BCUT2D eigenvalue weighted by molar-refractivity contribution is 6.29. The van der Waals surface area contributed by atoms with Crippen LogP contribution in [-0.2, 0) is 11.0 Å². The molecule has 0 aliphatic rings. The van der Waals surface area contributed by atoms with Crippen LogP contribution in [0, 0.1) is 0 Å². The molecule has 0 fully saturated rings. The first kappa shape index (κ1) is 16.2. The van der Waals surface area contributed by atoms with E-state index in [0.717, 1.165) is 12.1 Å². The summed E-state index contributed by atoms with van der Waals surface area (Å²) in [6.07, 6.45) is -4.37. The van der Waals surface area contributed by atoms with Gasteiger partial charge in [-0.3, -0.25) is 4.79 Å². The lowest BCUT2D eigenvalue weighted by Gasteiger charge is -2.09. The first-order chi connectivity index (χ1) is 10.4. The molecule has 0 aliphatic heterocycles. The van der Waals surface area contributed by atoms with Gasteiger partial charge in [0.15, 0.2) is 0 Å². The summed E-state index contributed by atoms with van der Waals surface area (Å²) in [6, 6.07) is 10.8. The van der Waals surface area contributed by atoms with Gasteiger partial charge < -0.3 is 10.1 Å². The zero-order valence-electron chi connectivity index (χ0n) is 11.2. The van der Waals surface area contributed by atoms with Crippen molar-refractivity contribution < 1.29 is 22.7 Å². The molecule has 2 aromatic rings. The van der Waals surface area contributed by atoms with Gasteiger partial charge in [0.2, 0.25) is 5.91 Å². The Balaban J connectivity index is 2.03. The van der Waals surface area contributed by atoms with E-state index in [9.17, 15) is 18.0 Å². The number of amides is 1. The lowest BCUT2D eigenvalue weighted by Crippen LogP contribution is -2.12. The molecule has 2 aromatic carbocycles. The number of carbonyl (C=O) groups is 1. The molecule has 0 saturated carbocycles. The summed E-state index contributed by atoms with van der Waals surface area (Å²) in [6.45, 7) is 0. The van der Waals surface area contributed by atoms with Gasteiger partial charge in [-0.05, 0) is 48.5 Å². The van der Waals surface area contributed by atoms with Crippen molar-refractivity contribution in [3.8, 4) is 11.5 Å². The van der Waals surface area contributed by atoms with Crippen molar-refractivity contribution in [2.24, 2.45) is 0 Å². The highest BCUT2D eigenvalue weighted by Gasteiger charge is 2.30. The van der Waals surface area contributed by atoms with Crippen LogP contribution in [0.4, 0.5) is 18.9 Å². The van der Waals surface area contributed by atoms with E-state index in [1.54, 1.807) is 24.3 Å². The summed E-state index contributed by atoms with van der Waals surface area (Å²) >= 11 is 5.37. The Labute approximate surface area is 129 Å². The van der Waals surface area contributed by atoms with E-state index in [0.29, 0.717) is 11.4 Å². The minimum Gasteiger partial charge on any atom is -0.457 e. The molecule has 0 heterocycles. The van der Waals surface area contributed by atoms with Crippen LogP contribution in [0.2, 0.25) is 0 Å². The maximum absolute atomic E-state index is 12.4. The Morgan fingerprint density at radius 1 is 1.00 bits per heavy atom. The van der Waals surface area contributed by atoms with Crippen LogP contribution in [0.25, 0.3) is 0 Å². The number of anilines is 1. The average Bonchev–Trinajstić information content (AvgIpc) is 2.49. The van der Waals surface area contributed by atoms with Crippen LogP contribution in [0.3, 0.4) is 0 Å². The summed E-state index contributed by atoms with van der Waals surface area (Å²) in [4.78, 5) is 11.1. The van der Waals surface area contributed by atoms with Gasteiger partial charge in [0.1, 0.15) is 17.4 Å². The molecule has 0 aromatic heterocycles. The minimum absolute atomic E-state index is 0.149. The van der Waals surface area contributed by atoms with Crippen molar-refractivity contribution in [3.05, 3.63) is 54.1 Å². The van der Waals surface area contributed by atoms with Crippen molar-refractivity contribution in [3.63, 3.8) is 0 Å². The molecule has 0 aliphatic carbocycles. The summed E-state index contributed by atoms with van der Waals surface area (Å²) in [5.74, 6) is 0.233. The summed E-state index contributed by atoms with van der Waals surface area (Å²) in [7, 11) is 0. The number of carbonyl (C=O) groups excluding carboxylic acids is 1. The standard InChI is InChI=1S/C15H11ClF3NO2/c16-9-14(21)20-11-3-7-13(8-4-11)22-12-5-1-10(2-6-12)15(17,18)19/h1-8H,9H2,(H,20,21). The predicted octanol–water partition coefficient (Wildman–Crippen LogP) is 4.68. The van der Waals surface area contributed by atoms with Gasteiger partial charge in [0.05, 0.1) is 5.56 Å². The topological polar surface area (TPSA) is 38.3 Å². The number of halogens is 4. The SMILES string of the molecule is O=C(CCl)Nc1ccc(Oc2ccc(C(F)(F)F)cc2)cc1. The highest BCUT2D eigenvalue weighted by atomic mass is 35.5. The van der Waals surface area contributed by atoms with E-state index < -0.39 is 11.7 Å². The van der Waals surface area contributed by atoms with Crippen LogP contribution in [0.15, 0.2) is 48.5 Å². The number of nitrogens with one attached hydrogen (secondary N) is 1. The molecule has 116 valence electrons. The second-order valence-corrected chi connectivity index (χ2v) is 4.60. The molecule has 3 nitrogen and oxygen atoms in total. The fraction of sp³-hybridized carbons (Fsp3) is 0.133. The molecule has 1 amide bonds. The Morgan fingerprint density at radius 2 is 1.50 bits per heavy atom. The second kappa shape index (κ2) is 6.70. The minimum atomic E-state index is -4.37. The van der Waals surface area contributed by atoms with Gasteiger partial charge >= 0.3 is 6.18 Å². The first-order valence-corrected chi connectivity index (χ1v) is 6.73. The normalized spacial score (nSPS) is 11.1. The van der Waals surface area contributed by atoms with E-state index in [4.69, 9.17) is 16.3 Å². The maximum atomic E-state index is 12.4. The number of ether oxygens (including phenoxy) is 1. The van der Waals surface area contributed by atoms with Crippen molar-refractivity contribution in [1.82, 2.24) is 0 Å². The third-order valence-electron chi connectivity index (χ3n) is 2.68. The molecule has 7 heteroatoms. The molecule has 0 atom stereocenters. The summed E-state index contributed by atoms with van der Waals surface area (Å²) in [5.41, 5.74) is -0.190. The summed E-state index contributed by atoms with van der Waals surface area (Å²) in [5, 5.41) is 2.56. The molecule has 2 rings (SSSR count). The van der Waals surface area contributed by atoms with Gasteiger partial charge in [0, 0.05) is 5.69 Å². The van der Waals surface area contributed by atoms with E-state index in [1.807, 2.05) is 0 Å². The molecule has 22 heavy (non-hydrogen) atoms. The third-order valence-corrected chi connectivity index (χ3v) is 2.92. The van der Waals surface area contributed by atoms with Crippen LogP contribution in [-0.4, -0.2) is 11.8 Å². The Morgan fingerprint density at radius 3 is 1.95 bits per heavy atom. The smallest absolute Gasteiger partial charge is 0.416 e. The molecular weight excluding hydrogens is 319 g/mol. The first-order valence-electron chi connectivity index (χ1n) is 6.19. The Bertz CT molecular complexity index is 639. The second-order valence-electron chi connectivity index (χ2n) is 4.33. The van der Waals surface area contributed by atoms with Crippen molar-refractivity contribution in [2.45, 2.75) is 6.18 Å². The lowest BCUT2D eigenvalue weighted by atomic mass is 10.2. The van der Waals surface area contributed by atoms with E-state index >= 15 is 0 Å². The average molecular weight is 330 g/mol. The van der Waals surface area contributed by atoms with Crippen LogP contribution >= 0.6 is 11.6 Å². The van der Waals surface area contributed by atoms with Gasteiger partial charge in [0.25, 0.3) is 0 Å². The van der Waals surface area contributed by atoms with Crippen LogP contribution in [0.1, 0.15) is 5.56 Å². The van der Waals surface area contributed by atoms with E-state index in [2.05, 4.69) is 5.32 Å². The monoisotopic (exact) mass is 329 g/mol. The number of hydrogen-bond donors (Lipinski definition) is 1. The van der Waals surface area contributed by atoms with Crippen LogP contribution < -0.4 is 10.1 Å². The largest absolute Gasteiger partial charge is 0.457 e. The third kappa shape index (κ3) is 4.39. The predicted molar refractivity (Wildman–Crippen MR) is 77.3 cm³/mol. The molecule has 0 spiro atoms. The van der Waals surface area contributed by atoms with Crippen LogP contribution in [0.5, 0.6) is 11.5 Å². The number of benzene rings is 2. The van der Waals surface area contributed by atoms with Gasteiger partial charge in [-0.15, -0.1) is 11.6 Å². The maximum Gasteiger partial charge on any atom is 0.416 e. The molecule has 0 saturated heterocycles. The molecular formula is C15H11ClF3NO2. The highest BCUT2D eigenvalue weighted by Crippen LogP contribution is 2.31. The van der Waals surface area contributed by atoms with Crippen molar-refractivity contribution >= 4 is 23.2 Å². The molecule has 1 N–H and O–H groups in total. The zero-order valence-corrected chi connectivity index (χ0v) is 11.9. The summed E-state index contributed by atoms with van der Waals surface area (Å²) < 4.78 is 42.7. The number of hydrogen-bond acceptors (Lipinski definition) is 2. The quantitative estimate of drug-likeness (QED) is 0.827. The lowest BCUT2D eigenvalue weighted by molar-refractivity contribution is -0.137. The van der Waals surface area contributed by atoms with Crippen molar-refractivity contribution in [1.29, 1.82) is 0 Å². The molecule has 0 bridgehead atoms. The fourth-order valence-electron chi connectivity index (χ4n) is 1.65. The van der Waals surface area contributed by atoms with Gasteiger partial charge in [-0.25, -0.2) is 0 Å². The molecule has 0 unspecified atom stereocenters. The van der Waals surface area contributed by atoms with Gasteiger partial charge in [-0.2, -0.15) is 13.2 Å². The number of alkyl halides is 4. The van der Waals surface area contributed by atoms with E-state index in [1.165, 1.54) is 12.1 Å². The zero-order chi connectivity index (χ0) is 16.2. The number of rotatable bonds is 4.